The van der Waals surface area contributed by atoms with Gasteiger partial charge in [-0.15, -0.1) is 0 Å². The minimum atomic E-state index is -0.346. The number of hydrogen-bond donors (Lipinski definition) is 2. The van der Waals surface area contributed by atoms with Gasteiger partial charge >= 0.3 is 5.97 Å². The topological polar surface area (TPSA) is 84.7 Å². The summed E-state index contributed by atoms with van der Waals surface area (Å²) in [5, 5.41) is 2.81. The quantitative estimate of drug-likeness (QED) is 0.698. The Labute approximate surface area is 125 Å². The normalized spacial score (nSPS) is 10.5. The van der Waals surface area contributed by atoms with E-state index in [4.69, 9.17) is 5.73 Å². The van der Waals surface area contributed by atoms with Gasteiger partial charge in [0.25, 0.3) is 0 Å². The van der Waals surface area contributed by atoms with Crippen LogP contribution < -0.4 is 11.1 Å². The highest BCUT2D eigenvalue weighted by Gasteiger charge is 2.14. The second kappa shape index (κ2) is 9.10. The Morgan fingerprint density at radius 3 is 2.71 bits per heavy atom. The van der Waals surface area contributed by atoms with Crippen LogP contribution in [0.2, 0.25) is 0 Å². The van der Waals surface area contributed by atoms with Crippen molar-refractivity contribution >= 4 is 17.6 Å². The second-order valence-electron chi connectivity index (χ2n) is 4.74. The summed E-state index contributed by atoms with van der Waals surface area (Å²) in [7, 11) is 1.34. The number of anilines is 1. The molecule has 1 aromatic carbocycles. The lowest BCUT2D eigenvalue weighted by atomic mass is 10.2. The Balaban J connectivity index is 2.58. The van der Waals surface area contributed by atoms with Gasteiger partial charge in [0.1, 0.15) is 0 Å². The molecule has 3 N–H and O–H groups in total. The summed E-state index contributed by atoms with van der Waals surface area (Å²) >= 11 is 0. The molecule has 0 aliphatic carbocycles. The molecule has 1 rings (SSSR count). The van der Waals surface area contributed by atoms with Crippen LogP contribution in [0.1, 0.15) is 18.9 Å². The molecule has 1 amide bonds. The number of hydrogen-bond acceptors (Lipinski definition) is 5. The number of esters is 1. The molecule has 0 atom stereocenters. The average Bonchev–Trinajstić information content (AvgIpc) is 2.47. The van der Waals surface area contributed by atoms with Crippen molar-refractivity contribution in [3.63, 3.8) is 0 Å². The van der Waals surface area contributed by atoms with Gasteiger partial charge in [-0.2, -0.15) is 0 Å². The van der Waals surface area contributed by atoms with Crippen molar-refractivity contribution in [1.82, 2.24) is 4.90 Å². The zero-order valence-corrected chi connectivity index (χ0v) is 12.6. The van der Waals surface area contributed by atoms with Gasteiger partial charge in [0.05, 0.1) is 20.2 Å². The fourth-order valence-corrected chi connectivity index (χ4v) is 1.96. The van der Waals surface area contributed by atoms with Gasteiger partial charge in [0.2, 0.25) is 5.91 Å². The van der Waals surface area contributed by atoms with Crippen LogP contribution in [0.4, 0.5) is 5.69 Å². The predicted molar refractivity (Wildman–Crippen MR) is 81.7 cm³/mol. The molecule has 1 aromatic rings. The first kappa shape index (κ1) is 17.1. The van der Waals surface area contributed by atoms with Gasteiger partial charge in [0.15, 0.2) is 0 Å². The van der Waals surface area contributed by atoms with E-state index in [-0.39, 0.29) is 25.0 Å². The standard InChI is InChI=1S/C15H23N3O3/c1-3-7-18(11-15(20)21-2)10-14(19)17-13-6-4-5-12(8-13)9-16/h4-6,8H,3,7,9-11,16H2,1-2H3,(H,17,19). The second-order valence-corrected chi connectivity index (χ2v) is 4.74. The van der Waals surface area contributed by atoms with E-state index in [0.29, 0.717) is 18.8 Å². The van der Waals surface area contributed by atoms with E-state index in [9.17, 15) is 9.59 Å². The number of rotatable bonds is 8. The molecule has 0 unspecified atom stereocenters. The Hall–Kier alpha value is -1.92. The SMILES string of the molecule is CCCN(CC(=O)Nc1cccc(CN)c1)CC(=O)OC. The number of carbonyl (C=O) groups excluding carboxylic acids is 2. The maximum Gasteiger partial charge on any atom is 0.319 e. The van der Waals surface area contributed by atoms with Crippen LogP contribution >= 0.6 is 0 Å². The fraction of sp³-hybridized carbons (Fsp3) is 0.467. The summed E-state index contributed by atoms with van der Waals surface area (Å²) in [5.41, 5.74) is 7.23. The van der Waals surface area contributed by atoms with Crippen LogP contribution in [0.5, 0.6) is 0 Å². The Kier molecular flexibility index (Phi) is 7.42. The summed E-state index contributed by atoms with van der Waals surface area (Å²) in [6, 6.07) is 7.39. The molecule has 0 spiro atoms. The first-order chi connectivity index (χ1) is 10.1. The lowest BCUT2D eigenvalue weighted by Gasteiger charge is -2.19. The van der Waals surface area contributed by atoms with E-state index in [1.807, 2.05) is 31.2 Å². The number of methoxy groups -OCH3 is 1. The Morgan fingerprint density at radius 2 is 2.10 bits per heavy atom. The minimum Gasteiger partial charge on any atom is -0.468 e. The van der Waals surface area contributed by atoms with Crippen molar-refractivity contribution in [2.45, 2.75) is 19.9 Å². The van der Waals surface area contributed by atoms with Crippen LogP contribution in [0.15, 0.2) is 24.3 Å². The first-order valence-corrected chi connectivity index (χ1v) is 6.97. The number of ether oxygens (including phenoxy) is 1. The molecule has 0 saturated carbocycles. The van der Waals surface area contributed by atoms with Crippen LogP contribution in [-0.2, 0) is 20.9 Å². The monoisotopic (exact) mass is 293 g/mol. The number of nitrogens with zero attached hydrogens (tertiary/aromatic N) is 1. The van der Waals surface area contributed by atoms with Gasteiger partial charge in [-0.3, -0.25) is 14.5 Å². The highest BCUT2D eigenvalue weighted by Crippen LogP contribution is 2.10. The van der Waals surface area contributed by atoms with Crippen LogP contribution in [0.25, 0.3) is 0 Å². The number of carbonyl (C=O) groups is 2. The lowest BCUT2D eigenvalue weighted by Crippen LogP contribution is -2.37. The highest BCUT2D eigenvalue weighted by molar-refractivity contribution is 5.92. The van der Waals surface area contributed by atoms with Crippen molar-refractivity contribution in [1.29, 1.82) is 0 Å². The van der Waals surface area contributed by atoms with Crippen LogP contribution in [-0.4, -0.2) is 43.5 Å². The van der Waals surface area contributed by atoms with Gasteiger partial charge in [-0.05, 0) is 30.7 Å². The largest absolute Gasteiger partial charge is 0.468 e. The third-order valence-corrected chi connectivity index (χ3v) is 2.93. The molecule has 0 saturated heterocycles. The highest BCUT2D eigenvalue weighted by atomic mass is 16.5. The van der Waals surface area contributed by atoms with Crippen molar-refractivity contribution in [2.24, 2.45) is 5.73 Å². The summed E-state index contributed by atoms with van der Waals surface area (Å²) < 4.78 is 4.63. The molecule has 21 heavy (non-hydrogen) atoms. The lowest BCUT2D eigenvalue weighted by molar-refractivity contribution is -0.142. The molecule has 0 bridgehead atoms. The van der Waals surface area contributed by atoms with Gasteiger partial charge in [0, 0.05) is 12.2 Å². The third kappa shape index (κ3) is 6.37. The number of amides is 1. The molecular formula is C15H23N3O3. The molecule has 116 valence electrons. The van der Waals surface area contributed by atoms with Gasteiger partial charge in [-0.1, -0.05) is 19.1 Å². The molecule has 0 heterocycles. The number of benzene rings is 1. The van der Waals surface area contributed by atoms with E-state index in [1.165, 1.54) is 7.11 Å². The molecule has 6 nitrogen and oxygen atoms in total. The van der Waals surface area contributed by atoms with Crippen molar-refractivity contribution in [3.05, 3.63) is 29.8 Å². The van der Waals surface area contributed by atoms with E-state index in [1.54, 1.807) is 4.90 Å². The average molecular weight is 293 g/mol. The maximum absolute atomic E-state index is 12.0. The summed E-state index contributed by atoms with van der Waals surface area (Å²) in [4.78, 5) is 25.1. The van der Waals surface area contributed by atoms with E-state index < -0.39 is 0 Å². The Bertz CT molecular complexity index is 477. The van der Waals surface area contributed by atoms with Crippen molar-refractivity contribution in [3.8, 4) is 0 Å². The smallest absolute Gasteiger partial charge is 0.319 e. The molecule has 0 aliphatic heterocycles. The first-order valence-electron chi connectivity index (χ1n) is 6.97. The minimum absolute atomic E-state index is 0.112. The molecular weight excluding hydrogens is 270 g/mol. The molecule has 6 heteroatoms. The number of nitrogens with two attached hydrogens (primary N) is 1. The van der Waals surface area contributed by atoms with Crippen LogP contribution in [0.3, 0.4) is 0 Å². The summed E-state index contributed by atoms with van der Waals surface area (Å²) in [6.45, 7) is 3.34. The molecule has 0 fully saturated rings. The zero-order valence-electron chi connectivity index (χ0n) is 12.6. The maximum atomic E-state index is 12.0. The Morgan fingerprint density at radius 1 is 1.33 bits per heavy atom. The van der Waals surface area contributed by atoms with Crippen molar-refractivity contribution < 1.29 is 14.3 Å². The van der Waals surface area contributed by atoms with Gasteiger partial charge < -0.3 is 15.8 Å². The van der Waals surface area contributed by atoms with E-state index in [0.717, 1.165) is 12.0 Å². The van der Waals surface area contributed by atoms with E-state index in [2.05, 4.69) is 10.1 Å². The third-order valence-electron chi connectivity index (χ3n) is 2.93. The summed E-state index contributed by atoms with van der Waals surface area (Å²) in [6.07, 6.45) is 0.854. The van der Waals surface area contributed by atoms with Gasteiger partial charge in [-0.25, -0.2) is 0 Å². The van der Waals surface area contributed by atoms with E-state index >= 15 is 0 Å². The fourth-order valence-electron chi connectivity index (χ4n) is 1.96. The van der Waals surface area contributed by atoms with Crippen LogP contribution in [0, 0.1) is 0 Å². The molecule has 0 aromatic heterocycles. The summed E-state index contributed by atoms with van der Waals surface area (Å²) in [5.74, 6) is -0.511. The predicted octanol–water partition coefficient (Wildman–Crippen LogP) is 0.969. The molecule has 0 aliphatic rings. The van der Waals surface area contributed by atoms with Crippen molar-refractivity contribution in [2.75, 3.05) is 32.1 Å². The zero-order chi connectivity index (χ0) is 15.7. The molecule has 0 radical (unpaired) electrons. The number of nitrogens with one attached hydrogen (secondary N) is 1.